The van der Waals surface area contributed by atoms with E-state index < -0.39 is 0 Å². The van der Waals surface area contributed by atoms with Crippen LogP contribution in [0.3, 0.4) is 0 Å². The number of carbonyl (C=O) groups excluding carboxylic acids is 2. The minimum Gasteiger partial charge on any atom is -0.386 e. The molecule has 0 aromatic heterocycles. The number of hydrogen-bond acceptors (Lipinski definition) is 5. The summed E-state index contributed by atoms with van der Waals surface area (Å²) >= 11 is 0. The van der Waals surface area contributed by atoms with Gasteiger partial charge in [-0.15, -0.1) is 0 Å². The number of rotatable bonds is 6. The lowest BCUT2D eigenvalue weighted by atomic mass is 9.57. The van der Waals surface area contributed by atoms with Crippen LogP contribution >= 0.6 is 0 Å². The Morgan fingerprint density at radius 1 is 1.14 bits per heavy atom. The Bertz CT molecular complexity index is 734. The fourth-order valence-corrected chi connectivity index (χ4v) is 5.20. The van der Waals surface area contributed by atoms with Gasteiger partial charge in [-0.25, -0.2) is 0 Å². The van der Waals surface area contributed by atoms with Crippen LogP contribution in [0.1, 0.15) is 50.5 Å². The molecular weight excluding hydrogens is 352 g/mol. The van der Waals surface area contributed by atoms with Crippen LogP contribution in [-0.2, 0) is 16.0 Å². The lowest BCUT2D eigenvalue weighted by Gasteiger charge is -2.50. The summed E-state index contributed by atoms with van der Waals surface area (Å²) in [6.07, 6.45) is 8.81. The van der Waals surface area contributed by atoms with E-state index >= 15 is 0 Å². The van der Waals surface area contributed by atoms with Gasteiger partial charge in [0.1, 0.15) is 6.04 Å². The van der Waals surface area contributed by atoms with Gasteiger partial charge >= 0.3 is 0 Å². The zero-order valence-electron chi connectivity index (χ0n) is 16.8. The molecular formula is C22H32N4O2. The van der Waals surface area contributed by atoms with E-state index in [0.29, 0.717) is 18.3 Å². The van der Waals surface area contributed by atoms with Gasteiger partial charge in [0.2, 0.25) is 11.8 Å². The highest BCUT2D eigenvalue weighted by Crippen LogP contribution is 2.53. The van der Waals surface area contributed by atoms with E-state index in [2.05, 4.69) is 39.5 Å². The molecule has 6 heteroatoms. The first-order valence-corrected chi connectivity index (χ1v) is 10.7. The van der Waals surface area contributed by atoms with Crippen LogP contribution in [-0.4, -0.2) is 38.0 Å². The summed E-state index contributed by atoms with van der Waals surface area (Å²) < 4.78 is 0. The molecule has 152 valence electrons. The highest BCUT2D eigenvalue weighted by molar-refractivity contribution is 6.01. The summed E-state index contributed by atoms with van der Waals surface area (Å²) in [5.41, 5.74) is 3.91. The second-order valence-corrected chi connectivity index (χ2v) is 8.84. The maximum Gasteiger partial charge on any atom is 0.249 e. The minimum atomic E-state index is -0.355. The van der Waals surface area contributed by atoms with Gasteiger partial charge in [-0.1, -0.05) is 6.07 Å². The number of imide groups is 1. The normalized spacial score (nSPS) is 24.5. The number of aryl methyl sites for hydroxylation is 1. The van der Waals surface area contributed by atoms with Crippen LogP contribution in [0.2, 0.25) is 0 Å². The van der Waals surface area contributed by atoms with Crippen molar-refractivity contribution in [2.45, 2.75) is 57.4 Å². The zero-order chi connectivity index (χ0) is 19.6. The third-order valence-corrected chi connectivity index (χ3v) is 6.87. The average Bonchev–Trinajstić information content (AvgIpc) is 2.68. The lowest BCUT2D eigenvalue weighted by molar-refractivity contribution is -0.133. The number of carbonyl (C=O) groups is 2. The van der Waals surface area contributed by atoms with Crippen LogP contribution in [0.5, 0.6) is 0 Å². The zero-order valence-corrected chi connectivity index (χ0v) is 16.8. The maximum absolute atomic E-state index is 12.0. The van der Waals surface area contributed by atoms with Gasteiger partial charge in [0.05, 0.1) is 11.4 Å². The Balaban J connectivity index is 1.31. The Morgan fingerprint density at radius 2 is 1.93 bits per heavy atom. The Hall–Kier alpha value is -2.08. The number of hydrogen-bond donors (Lipinski definition) is 4. The van der Waals surface area contributed by atoms with Crippen molar-refractivity contribution in [1.82, 2.24) is 10.6 Å². The predicted octanol–water partition coefficient (Wildman–Crippen LogP) is 2.66. The topological polar surface area (TPSA) is 82.3 Å². The number of nitrogens with one attached hydrogen (secondary N) is 4. The van der Waals surface area contributed by atoms with E-state index in [1.165, 1.54) is 50.8 Å². The molecule has 1 aliphatic carbocycles. The summed E-state index contributed by atoms with van der Waals surface area (Å²) in [4.78, 5) is 23.3. The van der Waals surface area contributed by atoms with Gasteiger partial charge < -0.3 is 16.0 Å². The quantitative estimate of drug-likeness (QED) is 0.567. The average molecular weight is 385 g/mol. The Kier molecular flexibility index (Phi) is 5.58. The second kappa shape index (κ2) is 8.11. The molecule has 2 saturated heterocycles. The minimum absolute atomic E-state index is 0.186. The fourth-order valence-electron chi connectivity index (χ4n) is 5.20. The highest BCUT2D eigenvalue weighted by Gasteiger charge is 2.43. The molecule has 2 amide bonds. The molecule has 6 nitrogen and oxygen atoms in total. The molecule has 1 saturated carbocycles. The van der Waals surface area contributed by atoms with E-state index in [0.717, 1.165) is 23.7 Å². The van der Waals surface area contributed by atoms with Gasteiger partial charge in [0.25, 0.3) is 0 Å². The van der Waals surface area contributed by atoms with E-state index in [4.69, 9.17) is 0 Å². The molecule has 3 fully saturated rings. The van der Waals surface area contributed by atoms with Crippen molar-refractivity contribution in [1.29, 1.82) is 0 Å². The van der Waals surface area contributed by atoms with Crippen molar-refractivity contribution in [3.05, 3.63) is 23.8 Å². The van der Waals surface area contributed by atoms with Crippen LogP contribution in [0.25, 0.3) is 0 Å². The van der Waals surface area contributed by atoms with E-state index in [-0.39, 0.29) is 17.9 Å². The molecule has 1 atom stereocenters. The predicted molar refractivity (Wildman–Crippen MR) is 111 cm³/mol. The van der Waals surface area contributed by atoms with Gasteiger partial charge in [0, 0.05) is 13.5 Å². The Labute approximate surface area is 167 Å². The molecule has 3 aliphatic rings. The first-order valence-electron chi connectivity index (χ1n) is 10.7. The van der Waals surface area contributed by atoms with Crippen molar-refractivity contribution in [2.24, 2.45) is 11.3 Å². The standard InChI is InChI=1S/C22H32N4O2/c1-23-19-12-15(2-3-16-13-22(14-16)8-10-24-11-9-22)4-5-17(19)25-18-6-7-20(27)26-21(18)28/h4-5,12,16,18,23-25H,2-3,6-11,13-14H2,1H3,(H,26,27,28). The highest BCUT2D eigenvalue weighted by atomic mass is 16.2. The number of piperidine rings is 2. The molecule has 4 N–H and O–H groups in total. The molecule has 1 aromatic rings. The third-order valence-electron chi connectivity index (χ3n) is 6.87. The summed E-state index contributed by atoms with van der Waals surface area (Å²) in [6.45, 7) is 2.39. The molecule has 4 rings (SSSR count). The number of amides is 2. The smallest absolute Gasteiger partial charge is 0.249 e. The summed E-state index contributed by atoms with van der Waals surface area (Å²) in [7, 11) is 1.90. The van der Waals surface area contributed by atoms with Crippen LogP contribution in [0.4, 0.5) is 11.4 Å². The monoisotopic (exact) mass is 384 g/mol. The molecule has 1 aromatic carbocycles. The first-order chi connectivity index (χ1) is 13.6. The van der Waals surface area contributed by atoms with Crippen molar-refractivity contribution in [3.8, 4) is 0 Å². The molecule has 0 radical (unpaired) electrons. The van der Waals surface area contributed by atoms with Crippen molar-refractivity contribution < 1.29 is 9.59 Å². The van der Waals surface area contributed by atoms with E-state index in [9.17, 15) is 9.59 Å². The van der Waals surface area contributed by atoms with Crippen molar-refractivity contribution in [3.63, 3.8) is 0 Å². The molecule has 1 spiro atoms. The molecule has 1 unspecified atom stereocenters. The second-order valence-electron chi connectivity index (χ2n) is 8.84. The molecule has 2 heterocycles. The molecule has 0 bridgehead atoms. The maximum atomic E-state index is 12.0. The number of anilines is 2. The number of benzene rings is 1. The largest absolute Gasteiger partial charge is 0.386 e. The summed E-state index contributed by atoms with van der Waals surface area (Å²) in [5.74, 6) is 0.450. The van der Waals surface area contributed by atoms with Gasteiger partial charge in [-0.3, -0.25) is 14.9 Å². The first kappa shape index (κ1) is 19.2. The summed E-state index contributed by atoms with van der Waals surface area (Å²) in [5, 5.41) is 12.4. The van der Waals surface area contributed by atoms with Crippen LogP contribution < -0.4 is 21.3 Å². The lowest BCUT2D eigenvalue weighted by Crippen LogP contribution is -2.47. The molecule has 28 heavy (non-hydrogen) atoms. The molecule has 2 aliphatic heterocycles. The van der Waals surface area contributed by atoms with E-state index in [1.807, 2.05) is 7.05 Å². The van der Waals surface area contributed by atoms with Gasteiger partial charge in [-0.2, -0.15) is 0 Å². The van der Waals surface area contributed by atoms with Crippen LogP contribution in [0, 0.1) is 11.3 Å². The van der Waals surface area contributed by atoms with Crippen molar-refractivity contribution in [2.75, 3.05) is 30.8 Å². The Morgan fingerprint density at radius 3 is 2.64 bits per heavy atom. The van der Waals surface area contributed by atoms with Gasteiger partial charge in [-0.05, 0) is 87.1 Å². The van der Waals surface area contributed by atoms with Crippen LogP contribution in [0.15, 0.2) is 18.2 Å². The third kappa shape index (κ3) is 4.17. The van der Waals surface area contributed by atoms with Crippen molar-refractivity contribution >= 4 is 23.2 Å². The van der Waals surface area contributed by atoms with Gasteiger partial charge in [0.15, 0.2) is 0 Å². The van der Waals surface area contributed by atoms with E-state index in [1.54, 1.807) is 0 Å². The SMILES string of the molecule is CNc1cc(CCC2CC3(CCNCC3)C2)ccc1NC1CCC(=O)NC1=O. The fraction of sp³-hybridized carbons (Fsp3) is 0.636. The summed E-state index contributed by atoms with van der Waals surface area (Å²) in [6, 6.07) is 6.05.